The number of allylic oxidation sites excluding steroid dienone is 1. The van der Waals surface area contributed by atoms with Crippen LogP contribution in [0.1, 0.15) is 15.9 Å². The zero-order valence-electron chi connectivity index (χ0n) is 13.6. The lowest BCUT2D eigenvalue weighted by Crippen LogP contribution is -2.15. The number of hydrogen-bond donors (Lipinski definition) is 0. The van der Waals surface area contributed by atoms with Gasteiger partial charge in [0.1, 0.15) is 13.2 Å². The molecule has 0 saturated heterocycles. The van der Waals surface area contributed by atoms with Gasteiger partial charge >= 0.3 is 0 Å². The highest BCUT2D eigenvalue weighted by molar-refractivity contribution is 6.07. The van der Waals surface area contributed by atoms with Crippen LogP contribution in [-0.2, 0) is 0 Å². The number of methoxy groups -OCH3 is 2. The Labute approximate surface area is 140 Å². The van der Waals surface area contributed by atoms with Gasteiger partial charge in [-0.15, -0.1) is 0 Å². The van der Waals surface area contributed by atoms with Crippen LogP contribution in [0, 0.1) is 0 Å². The molecule has 0 amide bonds. The topological polar surface area (TPSA) is 54.0 Å². The van der Waals surface area contributed by atoms with Gasteiger partial charge in [-0.2, -0.15) is 0 Å². The first-order chi connectivity index (χ1) is 11.7. The van der Waals surface area contributed by atoms with Crippen LogP contribution in [-0.4, -0.2) is 33.2 Å². The quantitative estimate of drug-likeness (QED) is 0.623. The molecule has 5 heteroatoms. The number of carbonyl (C=O) groups is 1. The molecule has 0 unspecified atom stereocenters. The number of benzene rings is 2. The van der Waals surface area contributed by atoms with Crippen molar-refractivity contribution in [1.29, 1.82) is 0 Å². The molecule has 2 aromatic rings. The van der Waals surface area contributed by atoms with Crippen molar-refractivity contribution in [2.45, 2.75) is 0 Å². The van der Waals surface area contributed by atoms with E-state index >= 15 is 0 Å². The van der Waals surface area contributed by atoms with Gasteiger partial charge < -0.3 is 18.9 Å². The molecule has 0 radical (unpaired) electrons. The molecule has 0 aliphatic carbocycles. The summed E-state index contributed by atoms with van der Waals surface area (Å²) in [5, 5.41) is 0. The molecule has 124 valence electrons. The summed E-state index contributed by atoms with van der Waals surface area (Å²) >= 11 is 0. The van der Waals surface area contributed by atoms with Crippen molar-refractivity contribution in [2.24, 2.45) is 0 Å². The minimum atomic E-state index is -0.120. The van der Waals surface area contributed by atoms with Gasteiger partial charge in [-0.25, -0.2) is 0 Å². The number of carbonyl (C=O) groups excluding carboxylic acids is 1. The molecular formula is C19H18O5. The third kappa shape index (κ3) is 3.35. The summed E-state index contributed by atoms with van der Waals surface area (Å²) in [5.41, 5.74) is 1.40. The average molecular weight is 326 g/mol. The Morgan fingerprint density at radius 3 is 2.46 bits per heavy atom. The molecule has 0 spiro atoms. The Kier molecular flexibility index (Phi) is 4.70. The lowest BCUT2D eigenvalue weighted by atomic mass is 10.1. The maximum atomic E-state index is 12.3. The first kappa shape index (κ1) is 15.9. The molecule has 0 saturated carbocycles. The Morgan fingerprint density at radius 1 is 0.958 bits per heavy atom. The lowest BCUT2D eigenvalue weighted by molar-refractivity contribution is 0.104. The van der Waals surface area contributed by atoms with Crippen LogP contribution in [0.3, 0.4) is 0 Å². The van der Waals surface area contributed by atoms with Gasteiger partial charge in [0.2, 0.25) is 0 Å². The number of fused-ring (bicyclic) bond motifs is 1. The SMILES string of the molecule is COc1ccc(C(=O)C=Cc2ccc3c(c2)OCCO3)cc1OC. The molecule has 1 aliphatic rings. The van der Waals surface area contributed by atoms with Crippen LogP contribution in [0.15, 0.2) is 42.5 Å². The number of ether oxygens (including phenoxy) is 4. The Hall–Kier alpha value is -2.95. The smallest absolute Gasteiger partial charge is 0.185 e. The van der Waals surface area contributed by atoms with Crippen LogP contribution in [0.4, 0.5) is 0 Å². The molecule has 0 N–H and O–H groups in total. The van der Waals surface area contributed by atoms with E-state index in [9.17, 15) is 4.79 Å². The zero-order valence-corrected chi connectivity index (χ0v) is 13.6. The molecule has 2 aromatic carbocycles. The third-order valence-electron chi connectivity index (χ3n) is 3.66. The highest BCUT2D eigenvalue weighted by Gasteiger charge is 2.11. The van der Waals surface area contributed by atoms with Crippen LogP contribution >= 0.6 is 0 Å². The molecule has 0 bridgehead atoms. The van der Waals surface area contributed by atoms with Crippen LogP contribution in [0.5, 0.6) is 23.0 Å². The van der Waals surface area contributed by atoms with Gasteiger partial charge in [0.15, 0.2) is 28.8 Å². The highest BCUT2D eigenvalue weighted by Crippen LogP contribution is 2.31. The molecule has 0 atom stereocenters. The maximum absolute atomic E-state index is 12.3. The summed E-state index contributed by atoms with van der Waals surface area (Å²) in [6.07, 6.45) is 3.27. The summed E-state index contributed by atoms with van der Waals surface area (Å²) in [7, 11) is 3.10. The van der Waals surface area contributed by atoms with Gasteiger partial charge in [0.05, 0.1) is 14.2 Å². The maximum Gasteiger partial charge on any atom is 0.185 e. The van der Waals surface area contributed by atoms with Crippen molar-refractivity contribution in [3.63, 3.8) is 0 Å². The van der Waals surface area contributed by atoms with Crippen LogP contribution in [0.25, 0.3) is 6.08 Å². The Balaban J connectivity index is 1.78. The Morgan fingerprint density at radius 2 is 1.71 bits per heavy atom. The largest absolute Gasteiger partial charge is 0.493 e. The molecule has 5 nitrogen and oxygen atoms in total. The van der Waals surface area contributed by atoms with Gasteiger partial charge in [-0.3, -0.25) is 4.79 Å². The molecular weight excluding hydrogens is 308 g/mol. The summed E-state index contributed by atoms with van der Waals surface area (Å²) in [5.74, 6) is 2.42. The average Bonchev–Trinajstić information content (AvgIpc) is 2.65. The standard InChI is InChI=1S/C19H18O5/c1-21-16-8-5-14(12-18(16)22-2)15(20)6-3-13-4-7-17-19(11-13)24-10-9-23-17/h3-8,11-12H,9-10H2,1-2H3. The van der Waals surface area contributed by atoms with Crippen LogP contribution in [0.2, 0.25) is 0 Å². The molecule has 3 rings (SSSR count). The third-order valence-corrected chi connectivity index (χ3v) is 3.66. The van der Waals surface area contributed by atoms with E-state index in [1.165, 1.54) is 13.2 Å². The van der Waals surface area contributed by atoms with Gasteiger partial charge in [-0.05, 0) is 42.0 Å². The predicted octanol–water partition coefficient (Wildman–Crippen LogP) is 3.37. The zero-order chi connectivity index (χ0) is 16.9. The highest BCUT2D eigenvalue weighted by atomic mass is 16.6. The lowest BCUT2D eigenvalue weighted by Gasteiger charge is -2.18. The van der Waals surface area contributed by atoms with Crippen LogP contribution < -0.4 is 18.9 Å². The second-order valence-electron chi connectivity index (χ2n) is 5.17. The molecule has 0 aromatic heterocycles. The predicted molar refractivity (Wildman–Crippen MR) is 90.3 cm³/mol. The van der Waals surface area contributed by atoms with E-state index in [2.05, 4.69) is 0 Å². The van der Waals surface area contributed by atoms with Crippen molar-refractivity contribution in [2.75, 3.05) is 27.4 Å². The van der Waals surface area contributed by atoms with Gasteiger partial charge in [0, 0.05) is 5.56 Å². The first-order valence-electron chi connectivity index (χ1n) is 7.55. The van der Waals surface area contributed by atoms with Crippen molar-refractivity contribution < 1.29 is 23.7 Å². The van der Waals surface area contributed by atoms with Crippen molar-refractivity contribution >= 4 is 11.9 Å². The van der Waals surface area contributed by atoms with E-state index in [1.54, 1.807) is 31.4 Å². The molecule has 1 heterocycles. The van der Waals surface area contributed by atoms with Gasteiger partial charge in [0.25, 0.3) is 0 Å². The van der Waals surface area contributed by atoms with Gasteiger partial charge in [-0.1, -0.05) is 12.1 Å². The molecule has 24 heavy (non-hydrogen) atoms. The van der Waals surface area contributed by atoms with E-state index in [-0.39, 0.29) is 5.78 Å². The minimum absolute atomic E-state index is 0.120. The number of hydrogen-bond acceptors (Lipinski definition) is 5. The van der Waals surface area contributed by atoms with Crippen molar-refractivity contribution in [1.82, 2.24) is 0 Å². The van der Waals surface area contributed by atoms with Crippen molar-refractivity contribution in [3.05, 3.63) is 53.6 Å². The number of rotatable bonds is 5. The number of ketones is 1. The Bertz CT molecular complexity index is 779. The second-order valence-corrected chi connectivity index (χ2v) is 5.17. The molecule has 0 fully saturated rings. The summed E-state index contributed by atoms with van der Waals surface area (Å²) in [4.78, 5) is 12.3. The minimum Gasteiger partial charge on any atom is -0.493 e. The second kappa shape index (κ2) is 7.08. The fourth-order valence-corrected chi connectivity index (χ4v) is 2.42. The summed E-state index contributed by atoms with van der Waals surface area (Å²) in [6.45, 7) is 1.09. The first-order valence-corrected chi connectivity index (χ1v) is 7.55. The summed E-state index contributed by atoms with van der Waals surface area (Å²) < 4.78 is 21.4. The van der Waals surface area contributed by atoms with E-state index in [0.29, 0.717) is 36.0 Å². The fourth-order valence-electron chi connectivity index (χ4n) is 2.42. The van der Waals surface area contributed by atoms with E-state index in [1.807, 2.05) is 18.2 Å². The fraction of sp³-hybridized carbons (Fsp3) is 0.211. The normalized spacial score (nSPS) is 12.9. The van der Waals surface area contributed by atoms with E-state index in [0.717, 1.165) is 11.3 Å². The van der Waals surface area contributed by atoms with Crippen molar-refractivity contribution in [3.8, 4) is 23.0 Å². The van der Waals surface area contributed by atoms with E-state index in [4.69, 9.17) is 18.9 Å². The monoisotopic (exact) mass is 326 g/mol. The molecule has 1 aliphatic heterocycles. The summed E-state index contributed by atoms with van der Waals surface area (Å²) in [6, 6.07) is 10.7. The van der Waals surface area contributed by atoms with E-state index < -0.39 is 0 Å².